The fraction of sp³-hybridized carbons (Fsp3) is 0.0714. The fourth-order valence-corrected chi connectivity index (χ4v) is 1.45. The standard InChI is InChI=1S/C14H13NO/c16-14(13-7-3-1-4-8-13)9-12-15-10-5-2-6-11-15/h1-10,12H,11H2. The van der Waals surface area contributed by atoms with Crippen LogP contribution < -0.4 is 0 Å². The van der Waals surface area contributed by atoms with Crippen LogP contribution in [0.4, 0.5) is 0 Å². The Balaban J connectivity index is 2.00. The summed E-state index contributed by atoms with van der Waals surface area (Å²) in [5.41, 5.74) is 0.718. The smallest absolute Gasteiger partial charge is 0.187 e. The van der Waals surface area contributed by atoms with Crippen molar-refractivity contribution < 1.29 is 4.79 Å². The second-order valence-corrected chi connectivity index (χ2v) is 3.51. The Morgan fingerprint density at radius 2 is 2.00 bits per heavy atom. The summed E-state index contributed by atoms with van der Waals surface area (Å²) in [7, 11) is 0. The van der Waals surface area contributed by atoms with E-state index in [-0.39, 0.29) is 5.78 Å². The van der Waals surface area contributed by atoms with Gasteiger partial charge in [-0.25, -0.2) is 0 Å². The molecule has 0 bridgehead atoms. The monoisotopic (exact) mass is 211 g/mol. The lowest BCUT2D eigenvalue weighted by atomic mass is 10.1. The largest absolute Gasteiger partial charge is 0.350 e. The molecular weight excluding hydrogens is 198 g/mol. The van der Waals surface area contributed by atoms with E-state index in [1.54, 1.807) is 12.3 Å². The minimum Gasteiger partial charge on any atom is -0.350 e. The highest BCUT2D eigenvalue weighted by Crippen LogP contribution is 2.03. The van der Waals surface area contributed by atoms with Gasteiger partial charge in [-0.05, 0) is 6.08 Å². The topological polar surface area (TPSA) is 20.3 Å². The van der Waals surface area contributed by atoms with Crippen molar-refractivity contribution in [1.29, 1.82) is 0 Å². The van der Waals surface area contributed by atoms with E-state index in [1.165, 1.54) is 0 Å². The molecule has 2 heteroatoms. The molecule has 80 valence electrons. The Morgan fingerprint density at radius 1 is 1.19 bits per heavy atom. The van der Waals surface area contributed by atoms with E-state index in [0.717, 1.165) is 12.1 Å². The summed E-state index contributed by atoms with van der Waals surface area (Å²) >= 11 is 0. The Labute approximate surface area is 95.2 Å². The molecule has 0 fully saturated rings. The maximum absolute atomic E-state index is 11.7. The summed E-state index contributed by atoms with van der Waals surface area (Å²) in [4.78, 5) is 13.7. The van der Waals surface area contributed by atoms with Gasteiger partial charge in [-0.1, -0.05) is 42.5 Å². The van der Waals surface area contributed by atoms with E-state index in [0.29, 0.717) is 0 Å². The highest BCUT2D eigenvalue weighted by molar-refractivity contribution is 6.04. The molecule has 0 spiro atoms. The summed E-state index contributed by atoms with van der Waals surface area (Å²) in [6.07, 6.45) is 11.3. The SMILES string of the molecule is O=C(C=CN1C=CC=CC1)c1ccccc1. The van der Waals surface area contributed by atoms with E-state index < -0.39 is 0 Å². The van der Waals surface area contributed by atoms with Gasteiger partial charge in [0.05, 0.1) is 0 Å². The molecule has 1 aliphatic heterocycles. The zero-order valence-electron chi connectivity index (χ0n) is 8.91. The number of hydrogen-bond donors (Lipinski definition) is 0. The van der Waals surface area contributed by atoms with Gasteiger partial charge in [-0.3, -0.25) is 4.79 Å². The van der Waals surface area contributed by atoms with Crippen molar-refractivity contribution in [3.63, 3.8) is 0 Å². The number of hydrogen-bond acceptors (Lipinski definition) is 2. The van der Waals surface area contributed by atoms with Crippen molar-refractivity contribution in [2.45, 2.75) is 0 Å². The summed E-state index contributed by atoms with van der Waals surface area (Å²) in [6.45, 7) is 0.815. The molecule has 0 radical (unpaired) electrons. The lowest BCUT2D eigenvalue weighted by Crippen LogP contribution is -2.11. The van der Waals surface area contributed by atoms with E-state index in [2.05, 4.69) is 0 Å². The number of ketones is 1. The quantitative estimate of drug-likeness (QED) is 0.566. The third-order valence-electron chi connectivity index (χ3n) is 2.32. The molecule has 1 heterocycles. The molecule has 0 atom stereocenters. The van der Waals surface area contributed by atoms with Crippen LogP contribution in [0.5, 0.6) is 0 Å². The molecule has 0 aliphatic carbocycles. The normalized spacial score (nSPS) is 14.6. The second kappa shape index (κ2) is 5.12. The summed E-state index contributed by atoms with van der Waals surface area (Å²) in [5, 5.41) is 0. The van der Waals surface area contributed by atoms with Crippen LogP contribution in [0, 0.1) is 0 Å². The number of benzene rings is 1. The molecule has 2 rings (SSSR count). The van der Waals surface area contributed by atoms with Crippen molar-refractivity contribution in [3.05, 3.63) is 72.6 Å². The van der Waals surface area contributed by atoms with Gasteiger partial charge in [-0.15, -0.1) is 0 Å². The molecular formula is C14H13NO. The lowest BCUT2D eigenvalue weighted by molar-refractivity contribution is 0.104. The third kappa shape index (κ3) is 2.70. The predicted molar refractivity (Wildman–Crippen MR) is 64.9 cm³/mol. The molecule has 16 heavy (non-hydrogen) atoms. The maximum atomic E-state index is 11.7. The minimum atomic E-state index is 0.0311. The summed E-state index contributed by atoms with van der Waals surface area (Å²) in [6, 6.07) is 9.27. The predicted octanol–water partition coefficient (Wildman–Crippen LogP) is 2.77. The highest BCUT2D eigenvalue weighted by atomic mass is 16.1. The van der Waals surface area contributed by atoms with Crippen molar-refractivity contribution in [1.82, 2.24) is 4.90 Å². The molecule has 1 aliphatic rings. The van der Waals surface area contributed by atoms with Crippen LogP contribution in [0.25, 0.3) is 0 Å². The first-order valence-corrected chi connectivity index (χ1v) is 5.23. The van der Waals surface area contributed by atoms with Crippen LogP contribution in [0.3, 0.4) is 0 Å². The summed E-state index contributed by atoms with van der Waals surface area (Å²) in [5.74, 6) is 0.0311. The number of carbonyl (C=O) groups excluding carboxylic acids is 1. The molecule has 2 nitrogen and oxygen atoms in total. The lowest BCUT2D eigenvalue weighted by Gasteiger charge is -2.14. The van der Waals surface area contributed by atoms with E-state index in [1.807, 2.05) is 59.7 Å². The first-order valence-electron chi connectivity index (χ1n) is 5.23. The maximum Gasteiger partial charge on any atom is 0.187 e. The molecule has 1 aromatic rings. The minimum absolute atomic E-state index is 0.0311. The Kier molecular flexibility index (Phi) is 3.34. The zero-order chi connectivity index (χ0) is 11.2. The van der Waals surface area contributed by atoms with E-state index in [9.17, 15) is 4.79 Å². The first-order chi connectivity index (χ1) is 7.86. The van der Waals surface area contributed by atoms with Crippen molar-refractivity contribution in [3.8, 4) is 0 Å². The van der Waals surface area contributed by atoms with Gasteiger partial charge < -0.3 is 4.90 Å². The first kappa shape index (κ1) is 10.4. The highest BCUT2D eigenvalue weighted by Gasteiger charge is 2.00. The summed E-state index contributed by atoms with van der Waals surface area (Å²) < 4.78 is 0. The van der Waals surface area contributed by atoms with Crippen LogP contribution in [0.2, 0.25) is 0 Å². The third-order valence-corrected chi connectivity index (χ3v) is 2.32. The van der Waals surface area contributed by atoms with Gasteiger partial charge in [0.1, 0.15) is 0 Å². The van der Waals surface area contributed by atoms with E-state index in [4.69, 9.17) is 0 Å². The Bertz CT molecular complexity index is 443. The molecule has 0 saturated carbocycles. The van der Waals surface area contributed by atoms with Gasteiger partial charge in [0.15, 0.2) is 5.78 Å². The van der Waals surface area contributed by atoms with E-state index >= 15 is 0 Å². The van der Waals surface area contributed by atoms with Crippen molar-refractivity contribution >= 4 is 5.78 Å². The molecule has 0 unspecified atom stereocenters. The molecule has 0 aromatic heterocycles. The van der Waals surface area contributed by atoms with Crippen LogP contribution >= 0.6 is 0 Å². The Hall–Kier alpha value is -2.09. The molecule has 0 saturated heterocycles. The van der Waals surface area contributed by atoms with Crippen molar-refractivity contribution in [2.75, 3.05) is 6.54 Å². The van der Waals surface area contributed by atoms with Crippen LogP contribution in [0.15, 0.2) is 67.0 Å². The average molecular weight is 211 g/mol. The fourth-order valence-electron chi connectivity index (χ4n) is 1.45. The number of nitrogens with zero attached hydrogens (tertiary/aromatic N) is 1. The zero-order valence-corrected chi connectivity index (χ0v) is 8.91. The van der Waals surface area contributed by atoms with Crippen LogP contribution in [-0.4, -0.2) is 17.2 Å². The number of carbonyl (C=O) groups is 1. The molecule has 0 N–H and O–H groups in total. The van der Waals surface area contributed by atoms with Crippen LogP contribution in [0.1, 0.15) is 10.4 Å². The van der Waals surface area contributed by atoms with Gasteiger partial charge in [-0.2, -0.15) is 0 Å². The van der Waals surface area contributed by atoms with Gasteiger partial charge in [0.25, 0.3) is 0 Å². The molecule has 0 amide bonds. The van der Waals surface area contributed by atoms with Crippen LogP contribution in [-0.2, 0) is 0 Å². The Morgan fingerprint density at radius 3 is 2.69 bits per heavy atom. The average Bonchev–Trinajstić information content (AvgIpc) is 2.38. The van der Waals surface area contributed by atoms with Crippen molar-refractivity contribution in [2.24, 2.45) is 0 Å². The van der Waals surface area contributed by atoms with Gasteiger partial charge in [0.2, 0.25) is 0 Å². The number of rotatable bonds is 3. The number of allylic oxidation sites excluding steroid dienone is 3. The second-order valence-electron chi connectivity index (χ2n) is 3.51. The van der Waals surface area contributed by atoms with Gasteiger partial charge in [0, 0.05) is 30.6 Å². The molecule has 1 aromatic carbocycles. The van der Waals surface area contributed by atoms with Gasteiger partial charge >= 0.3 is 0 Å².